The number of nitrogens with two attached hydrogens (primary N) is 2. The third-order valence-electron chi connectivity index (χ3n) is 2.11. The van der Waals surface area contributed by atoms with Crippen LogP contribution in [0, 0.1) is 0 Å². The smallest absolute Gasteiger partial charge is 0.215 e. The number of rotatable bonds is 1. The molecule has 0 spiro atoms. The molecule has 78 valence electrons. The van der Waals surface area contributed by atoms with Gasteiger partial charge in [-0.1, -0.05) is 34.7 Å². The molecular weight excluding hydrogens is 307 g/mol. The van der Waals surface area contributed by atoms with Crippen molar-refractivity contribution in [1.29, 1.82) is 0 Å². The van der Waals surface area contributed by atoms with E-state index < -0.39 is 4.05 Å². The Hall–Kier alpha value is -1.08. The first-order chi connectivity index (χ1) is 7.11. The highest BCUT2D eigenvalue weighted by molar-refractivity contribution is 14.1. The summed E-state index contributed by atoms with van der Waals surface area (Å²) in [7, 11) is 0. The average molecular weight is 316 g/mol. The van der Waals surface area contributed by atoms with Gasteiger partial charge in [0.2, 0.25) is 5.43 Å². The summed E-state index contributed by atoms with van der Waals surface area (Å²) in [6.45, 7) is 0. The minimum absolute atomic E-state index is 0.0931. The van der Waals surface area contributed by atoms with Crippen molar-refractivity contribution in [3.05, 3.63) is 40.2 Å². The summed E-state index contributed by atoms with van der Waals surface area (Å²) in [5.41, 5.74) is 11.7. The molecule has 5 heteroatoms. The van der Waals surface area contributed by atoms with Gasteiger partial charge in [0.25, 0.3) is 0 Å². The predicted octanol–water partition coefficient (Wildman–Crippen LogP) is 1.77. The minimum Gasteiger partial charge on any atom is -0.456 e. The van der Waals surface area contributed by atoms with Crippen molar-refractivity contribution in [3.8, 4) is 0 Å². The van der Waals surface area contributed by atoms with Crippen molar-refractivity contribution in [2.45, 2.75) is 4.05 Å². The second-order valence-electron chi connectivity index (χ2n) is 3.11. The first-order valence-electron chi connectivity index (χ1n) is 4.32. The van der Waals surface area contributed by atoms with Crippen molar-refractivity contribution in [3.63, 3.8) is 0 Å². The van der Waals surface area contributed by atoms with Crippen LogP contribution >= 0.6 is 22.6 Å². The van der Waals surface area contributed by atoms with Gasteiger partial charge in [0.1, 0.15) is 15.3 Å². The Morgan fingerprint density at radius 3 is 2.67 bits per heavy atom. The Morgan fingerprint density at radius 2 is 2.00 bits per heavy atom. The minimum atomic E-state index is -0.417. The Bertz CT molecular complexity index is 563. The molecule has 4 N–H and O–H groups in total. The van der Waals surface area contributed by atoms with E-state index in [1.807, 2.05) is 22.6 Å². The van der Waals surface area contributed by atoms with Crippen LogP contribution in [0.25, 0.3) is 11.0 Å². The van der Waals surface area contributed by atoms with Crippen molar-refractivity contribution < 1.29 is 4.42 Å². The van der Waals surface area contributed by atoms with Gasteiger partial charge < -0.3 is 15.9 Å². The first kappa shape index (κ1) is 10.4. The lowest BCUT2D eigenvalue weighted by Crippen LogP contribution is -2.15. The van der Waals surface area contributed by atoms with E-state index >= 15 is 0 Å². The third kappa shape index (κ3) is 1.72. The number of alkyl halides is 1. The van der Waals surface area contributed by atoms with Crippen LogP contribution in [-0.4, -0.2) is 0 Å². The quantitative estimate of drug-likeness (QED) is 0.477. The highest BCUT2D eigenvalue weighted by atomic mass is 127. The maximum Gasteiger partial charge on any atom is 0.215 e. The van der Waals surface area contributed by atoms with Gasteiger partial charge in [-0.3, -0.25) is 4.79 Å². The molecule has 1 heterocycles. The number of hydrogen-bond acceptors (Lipinski definition) is 4. The maximum atomic E-state index is 11.8. The van der Waals surface area contributed by atoms with Crippen LogP contribution in [0.1, 0.15) is 9.81 Å². The van der Waals surface area contributed by atoms with Gasteiger partial charge in [0, 0.05) is 0 Å². The molecule has 0 bridgehead atoms. The molecule has 0 amide bonds. The van der Waals surface area contributed by atoms with Crippen LogP contribution in [0.2, 0.25) is 0 Å². The highest BCUT2D eigenvalue weighted by Gasteiger charge is 2.14. The van der Waals surface area contributed by atoms with Crippen LogP contribution in [0.4, 0.5) is 5.69 Å². The van der Waals surface area contributed by atoms with E-state index in [9.17, 15) is 4.79 Å². The number of fused-ring (bicyclic) bond motifs is 1. The molecule has 0 saturated heterocycles. The van der Waals surface area contributed by atoms with E-state index in [1.165, 1.54) is 0 Å². The Labute approximate surface area is 99.4 Å². The van der Waals surface area contributed by atoms with Crippen molar-refractivity contribution in [2.75, 3.05) is 5.73 Å². The zero-order valence-corrected chi connectivity index (χ0v) is 9.89. The normalized spacial score (nSPS) is 12.9. The number of nitrogen functional groups attached to an aromatic ring is 1. The molecule has 0 fully saturated rings. The second-order valence-corrected chi connectivity index (χ2v) is 4.45. The summed E-state index contributed by atoms with van der Waals surface area (Å²) in [5, 5.41) is 0.482. The van der Waals surface area contributed by atoms with E-state index in [4.69, 9.17) is 15.9 Å². The second kappa shape index (κ2) is 3.82. The summed E-state index contributed by atoms with van der Waals surface area (Å²) >= 11 is 1.95. The van der Waals surface area contributed by atoms with Gasteiger partial charge in [0.15, 0.2) is 5.76 Å². The van der Waals surface area contributed by atoms with E-state index in [1.54, 1.807) is 24.3 Å². The number of halogens is 1. The number of anilines is 1. The van der Waals surface area contributed by atoms with E-state index in [0.29, 0.717) is 16.7 Å². The standard InChI is InChI=1S/C10H9IN2O2/c11-10(13)9-7(12)8(14)5-3-1-2-4-6(5)15-9/h1-4,10H,12-13H2/t10-/m0/s1. The van der Waals surface area contributed by atoms with E-state index in [2.05, 4.69) is 0 Å². The van der Waals surface area contributed by atoms with Gasteiger partial charge in [-0.25, -0.2) is 0 Å². The lowest BCUT2D eigenvalue weighted by molar-refractivity contribution is 0.544. The molecule has 1 aromatic heterocycles. The van der Waals surface area contributed by atoms with Gasteiger partial charge in [-0.15, -0.1) is 0 Å². The molecule has 0 unspecified atom stereocenters. The molecule has 4 nitrogen and oxygen atoms in total. The van der Waals surface area contributed by atoms with Gasteiger partial charge in [0.05, 0.1) is 5.39 Å². The average Bonchev–Trinajstić information content (AvgIpc) is 2.23. The molecule has 2 aromatic rings. The highest BCUT2D eigenvalue weighted by Crippen LogP contribution is 2.24. The zero-order valence-electron chi connectivity index (χ0n) is 7.74. The molecule has 0 aliphatic heterocycles. The molecule has 1 aromatic carbocycles. The first-order valence-corrected chi connectivity index (χ1v) is 5.56. The van der Waals surface area contributed by atoms with Gasteiger partial charge in [-0.2, -0.15) is 0 Å². The summed E-state index contributed by atoms with van der Waals surface area (Å²) in [4.78, 5) is 11.8. The molecule has 0 aliphatic rings. The summed E-state index contributed by atoms with van der Waals surface area (Å²) < 4.78 is 5.06. The monoisotopic (exact) mass is 316 g/mol. The molecular formula is C10H9IN2O2. The number of hydrogen-bond donors (Lipinski definition) is 2. The van der Waals surface area contributed by atoms with Crippen LogP contribution in [0.5, 0.6) is 0 Å². The van der Waals surface area contributed by atoms with Crippen LogP contribution in [0.3, 0.4) is 0 Å². The third-order valence-corrected chi connectivity index (χ3v) is 2.68. The van der Waals surface area contributed by atoms with Crippen molar-refractivity contribution in [2.24, 2.45) is 5.73 Å². The van der Waals surface area contributed by atoms with Gasteiger partial charge in [-0.05, 0) is 12.1 Å². The Kier molecular flexibility index (Phi) is 2.66. The zero-order chi connectivity index (χ0) is 11.0. The fourth-order valence-corrected chi connectivity index (χ4v) is 1.84. The molecule has 2 rings (SSSR count). The fraction of sp³-hybridized carbons (Fsp3) is 0.100. The lowest BCUT2D eigenvalue weighted by atomic mass is 10.2. The largest absolute Gasteiger partial charge is 0.456 e. The topological polar surface area (TPSA) is 82.2 Å². The predicted molar refractivity (Wildman–Crippen MR) is 67.8 cm³/mol. The van der Waals surface area contributed by atoms with E-state index in [-0.39, 0.29) is 11.1 Å². The molecule has 0 aliphatic carbocycles. The van der Waals surface area contributed by atoms with Crippen molar-refractivity contribution >= 4 is 39.2 Å². The fourth-order valence-electron chi connectivity index (χ4n) is 1.38. The summed E-state index contributed by atoms with van der Waals surface area (Å²) in [6.07, 6.45) is 0. The summed E-state index contributed by atoms with van der Waals surface area (Å²) in [5.74, 6) is 0.333. The molecule has 1 atom stereocenters. The van der Waals surface area contributed by atoms with E-state index in [0.717, 1.165) is 0 Å². The lowest BCUT2D eigenvalue weighted by Gasteiger charge is -2.07. The van der Waals surface area contributed by atoms with Crippen molar-refractivity contribution in [1.82, 2.24) is 0 Å². The number of benzene rings is 1. The molecule has 0 radical (unpaired) electrons. The molecule has 0 saturated carbocycles. The SMILES string of the molecule is Nc1c([C@H](N)I)oc2ccccc2c1=O. The Morgan fingerprint density at radius 1 is 1.33 bits per heavy atom. The molecule has 15 heavy (non-hydrogen) atoms. The summed E-state index contributed by atoms with van der Waals surface area (Å²) in [6, 6.07) is 6.96. The van der Waals surface area contributed by atoms with Crippen LogP contribution < -0.4 is 16.9 Å². The van der Waals surface area contributed by atoms with Crippen LogP contribution in [-0.2, 0) is 0 Å². The Balaban J connectivity index is 2.89. The van der Waals surface area contributed by atoms with Gasteiger partial charge >= 0.3 is 0 Å². The number of para-hydroxylation sites is 1. The van der Waals surface area contributed by atoms with Crippen LogP contribution in [0.15, 0.2) is 33.5 Å². The maximum absolute atomic E-state index is 11.8.